The van der Waals surface area contributed by atoms with Crippen molar-refractivity contribution in [1.82, 2.24) is 14.5 Å². The Hall–Kier alpha value is -3.93. The second-order valence-corrected chi connectivity index (χ2v) is 8.49. The number of benzene rings is 3. The minimum atomic E-state index is -0.0524. The highest BCUT2D eigenvalue weighted by molar-refractivity contribution is 5.93. The molecule has 1 aromatic heterocycles. The number of carbonyl (C=O) groups is 2. The van der Waals surface area contributed by atoms with E-state index in [4.69, 9.17) is 4.98 Å². The fourth-order valence-corrected chi connectivity index (χ4v) is 4.51. The Morgan fingerprint density at radius 1 is 0.970 bits per heavy atom. The monoisotopic (exact) mass is 438 g/mol. The second kappa shape index (κ2) is 8.90. The van der Waals surface area contributed by atoms with Gasteiger partial charge in [0.25, 0.3) is 0 Å². The van der Waals surface area contributed by atoms with Crippen molar-refractivity contribution in [2.24, 2.45) is 0 Å². The SMILES string of the molecule is CN(C(=O)Cn1c([C@H]2CC(=O)N(Cc3ccccc3)C2)nc2ccccc21)c1ccccc1. The molecule has 0 radical (unpaired) electrons. The van der Waals surface area contributed by atoms with Gasteiger partial charge in [-0.25, -0.2) is 4.98 Å². The van der Waals surface area contributed by atoms with Crippen LogP contribution in [0.25, 0.3) is 11.0 Å². The molecule has 0 bridgehead atoms. The molecule has 0 spiro atoms. The molecule has 3 aromatic carbocycles. The molecule has 33 heavy (non-hydrogen) atoms. The van der Waals surface area contributed by atoms with Gasteiger partial charge in [0.1, 0.15) is 12.4 Å². The van der Waals surface area contributed by atoms with E-state index in [-0.39, 0.29) is 24.3 Å². The van der Waals surface area contributed by atoms with Crippen LogP contribution in [0.4, 0.5) is 5.69 Å². The first kappa shape index (κ1) is 20.9. The van der Waals surface area contributed by atoms with Gasteiger partial charge in [0, 0.05) is 38.2 Å². The van der Waals surface area contributed by atoms with E-state index in [2.05, 4.69) is 0 Å². The summed E-state index contributed by atoms with van der Waals surface area (Å²) in [6.07, 6.45) is 0.402. The van der Waals surface area contributed by atoms with Gasteiger partial charge in [-0.2, -0.15) is 0 Å². The number of likely N-dealkylation sites (tertiary alicyclic amines) is 1. The summed E-state index contributed by atoms with van der Waals surface area (Å²) in [6.45, 7) is 1.36. The lowest BCUT2D eigenvalue weighted by molar-refractivity contribution is -0.128. The summed E-state index contributed by atoms with van der Waals surface area (Å²) in [4.78, 5) is 34.4. The van der Waals surface area contributed by atoms with Crippen LogP contribution in [0, 0.1) is 0 Å². The van der Waals surface area contributed by atoms with Crippen molar-refractivity contribution >= 4 is 28.5 Å². The molecular weight excluding hydrogens is 412 g/mol. The Balaban J connectivity index is 1.42. The first-order valence-electron chi connectivity index (χ1n) is 11.2. The van der Waals surface area contributed by atoms with Gasteiger partial charge >= 0.3 is 0 Å². The summed E-state index contributed by atoms with van der Waals surface area (Å²) < 4.78 is 1.99. The molecule has 4 aromatic rings. The number of nitrogens with zero attached hydrogens (tertiary/aromatic N) is 4. The zero-order valence-corrected chi connectivity index (χ0v) is 18.6. The molecule has 166 valence electrons. The van der Waals surface area contributed by atoms with Crippen molar-refractivity contribution in [1.29, 1.82) is 0 Å². The smallest absolute Gasteiger partial charge is 0.246 e. The number of hydrogen-bond acceptors (Lipinski definition) is 3. The van der Waals surface area contributed by atoms with E-state index < -0.39 is 0 Å². The van der Waals surface area contributed by atoms with Crippen molar-refractivity contribution in [2.75, 3.05) is 18.5 Å². The summed E-state index contributed by atoms with van der Waals surface area (Å²) in [6, 6.07) is 27.5. The highest BCUT2D eigenvalue weighted by Gasteiger charge is 2.34. The summed E-state index contributed by atoms with van der Waals surface area (Å²) >= 11 is 0. The van der Waals surface area contributed by atoms with Crippen LogP contribution in [0.5, 0.6) is 0 Å². The number of imidazole rings is 1. The van der Waals surface area contributed by atoms with Gasteiger partial charge < -0.3 is 14.4 Å². The number of para-hydroxylation sites is 3. The quantitative estimate of drug-likeness (QED) is 0.453. The van der Waals surface area contributed by atoms with Crippen LogP contribution < -0.4 is 4.90 Å². The Bertz CT molecular complexity index is 1280. The van der Waals surface area contributed by atoms with Crippen LogP contribution in [0.15, 0.2) is 84.9 Å². The molecule has 1 atom stereocenters. The minimum absolute atomic E-state index is 0.0314. The molecule has 0 unspecified atom stereocenters. The predicted octanol–water partition coefficient (Wildman–Crippen LogP) is 4.22. The van der Waals surface area contributed by atoms with Gasteiger partial charge in [0.05, 0.1) is 11.0 Å². The highest BCUT2D eigenvalue weighted by Crippen LogP contribution is 2.31. The normalized spacial score (nSPS) is 15.8. The lowest BCUT2D eigenvalue weighted by atomic mass is 10.1. The highest BCUT2D eigenvalue weighted by atomic mass is 16.2. The van der Waals surface area contributed by atoms with E-state index in [0.29, 0.717) is 19.5 Å². The topological polar surface area (TPSA) is 58.4 Å². The molecule has 0 N–H and O–H groups in total. The molecule has 1 aliphatic rings. The fourth-order valence-electron chi connectivity index (χ4n) is 4.51. The lowest BCUT2D eigenvalue weighted by Gasteiger charge is -2.20. The van der Waals surface area contributed by atoms with Crippen molar-refractivity contribution in [3.05, 3.63) is 96.3 Å². The van der Waals surface area contributed by atoms with Crippen molar-refractivity contribution < 1.29 is 9.59 Å². The number of carbonyl (C=O) groups excluding carboxylic acids is 2. The van der Waals surface area contributed by atoms with Gasteiger partial charge in [0.15, 0.2) is 0 Å². The van der Waals surface area contributed by atoms with E-state index >= 15 is 0 Å². The zero-order chi connectivity index (χ0) is 22.8. The van der Waals surface area contributed by atoms with Gasteiger partial charge in [-0.3, -0.25) is 9.59 Å². The van der Waals surface area contributed by atoms with Gasteiger partial charge in [0.2, 0.25) is 11.8 Å². The van der Waals surface area contributed by atoms with Crippen molar-refractivity contribution in [3.8, 4) is 0 Å². The second-order valence-electron chi connectivity index (χ2n) is 8.49. The first-order chi connectivity index (χ1) is 16.1. The zero-order valence-electron chi connectivity index (χ0n) is 18.6. The van der Waals surface area contributed by atoms with Crippen LogP contribution in [0.1, 0.15) is 23.7 Å². The summed E-state index contributed by atoms with van der Waals surface area (Å²) in [7, 11) is 1.79. The van der Waals surface area contributed by atoms with E-state index in [1.54, 1.807) is 11.9 Å². The Kier molecular flexibility index (Phi) is 5.65. The molecule has 0 aliphatic carbocycles. The summed E-state index contributed by atoms with van der Waals surface area (Å²) in [5, 5.41) is 0. The van der Waals surface area contributed by atoms with E-state index in [9.17, 15) is 9.59 Å². The largest absolute Gasteiger partial charge is 0.338 e. The van der Waals surface area contributed by atoms with Crippen LogP contribution in [0.2, 0.25) is 0 Å². The average molecular weight is 439 g/mol. The molecule has 1 fully saturated rings. The van der Waals surface area contributed by atoms with E-state index in [1.165, 1.54) is 0 Å². The summed E-state index contributed by atoms with van der Waals surface area (Å²) in [5.74, 6) is 0.838. The van der Waals surface area contributed by atoms with Crippen molar-refractivity contribution in [2.45, 2.75) is 25.4 Å². The molecule has 1 saturated heterocycles. The standard InChI is InChI=1S/C27H26N4O2/c1-29(22-12-6-3-7-13-22)26(33)19-31-24-15-9-8-14-23(24)28-27(31)21-16-25(32)30(18-21)17-20-10-4-2-5-11-20/h2-15,21H,16-19H2,1H3/t21-/m0/s1. The number of amides is 2. The molecule has 1 aliphatic heterocycles. The first-order valence-corrected chi connectivity index (χ1v) is 11.2. The van der Waals surface area contributed by atoms with Gasteiger partial charge in [-0.15, -0.1) is 0 Å². The Morgan fingerprint density at radius 3 is 2.39 bits per heavy atom. The number of anilines is 1. The number of rotatable bonds is 6. The Labute approximate surface area is 193 Å². The maximum Gasteiger partial charge on any atom is 0.246 e. The van der Waals surface area contributed by atoms with Crippen molar-refractivity contribution in [3.63, 3.8) is 0 Å². The predicted molar refractivity (Wildman–Crippen MR) is 129 cm³/mol. The number of hydrogen-bond donors (Lipinski definition) is 0. The molecule has 2 heterocycles. The maximum atomic E-state index is 13.2. The van der Waals surface area contributed by atoms with Crippen LogP contribution in [0.3, 0.4) is 0 Å². The number of aromatic nitrogens is 2. The summed E-state index contributed by atoms with van der Waals surface area (Å²) in [5.41, 5.74) is 3.71. The Morgan fingerprint density at radius 2 is 1.64 bits per heavy atom. The van der Waals surface area contributed by atoms with Gasteiger partial charge in [-0.1, -0.05) is 60.7 Å². The van der Waals surface area contributed by atoms with E-state index in [1.807, 2.05) is 94.4 Å². The lowest BCUT2D eigenvalue weighted by Crippen LogP contribution is -2.31. The van der Waals surface area contributed by atoms with E-state index in [0.717, 1.165) is 28.1 Å². The van der Waals surface area contributed by atoms with Crippen LogP contribution in [-0.2, 0) is 22.7 Å². The molecule has 0 saturated carbocycles. The maximum absolute atomic E-state index is 13.2. The average Bonchev–Trinajstić information content (AvgIpc) is 3.40. The third kappa shape index (κ3) is 4.24. The fraction of sp³-hybridized carbons (Fsp3) is 0.222. The molecule has 6 heteroatoms. The molecule has 6 nitrogen and oxygen atoms in total. The molecule has 2 amide bonds. The molecule has 5 rings (SSSR count). The number of likely N-dealkylation sites (N-methyl/N-ethyl adjacent to an activating group) is 1. The molecular formula is C27H26N4O2. The third-order valence-corrected chi connectivity index (χ3v) is 6.29. The van der Waals surface area contributed by atoms with Crippen LogP contribution in [-0.4, -0.2) is 39.9 Å². The third-order valence-electron chi connectivity index (χ3n) is 6.29. The van der Waals surface area contributed by atoms with Crippen LogP contribution >= 0.6 is 0 Å². The minimum Gasteiger partial charge on any atom is -0.338 e. The number of fused-ring (bicyclic) bond motifs is 1. The van der Waals surface area contributed by atoms with Gasteiger partial charge in [-0.05, 0) is 29.8 Å².